The number of esters is 1. The topological polar surface area (TPSA) is 58.6 Å². The maximum Gasteiger partial charge on any atom is 0.332 e. The van der Waals surface area contributed by atoms with Gasteiger partial charge >= 0.3 is 5.97 Å². The minimum absolute atomic E-state index is 0.0444. The lowest BCUT2D eigenvalue weighted by atomic mass is 9.86. The Hall–Kier alpha value is -2.73. The van der Waals surface area contributed by atoms with E-state index in [1.807, 2.05) is 71.8 Å². The summed E-state index contributed by atoms with van der Waals surface area (Å²) < 4.78 is 4.68. The van der Waals surface area contributed by atoms with Crippen molar-refractivity contribution in [1.29, 1.82) is 0 Å². The van der Waals surface area contributed by atoms with Crippen molar-refractivity contribution in [2.24, 2.45) is 0 Å². The predicted molar refractivity (Wildman–Crippen MR) is 108 cm³/mol. The molecule has 2 aromatic rings. The molecule has 0 aliphatic carbocycles. The van der Waals surface area contributed by atoms with Crippen LogP contribution in [0.15, 0.2) is 72.4 Å². The molecule has 27 heavy (non-hydrogen) atoms. The van der Waals surface area contributed by atoms with Gasteiger partial charge in [-0.15, -0.1) is 11.8 Å². The Bertz CT molecular complexity index is 854. The Balaban J connectivity index is 2.04. The highest BCUT2D eigenvalue weighted by Gasteiger charge is 2.61. The Morgan fingerprint density at radius 1 is 1.15 bits per heavy atom. The number of hydrogen-bond acceptors (Lipinski definition) is 5. The first-order valence-corrected chi connectivity index (χ1v) is 9.79. The highest BCUT2D eigenvalue weighted by molar-refractivity contribution is 7.99. The molecule has 0 saturated carbocycles. The van der Waals surface area contributed by atoms with Gasteiger partial charge in [0.15, 0.2) is 0 Å². The standard InChI is InChI=1S/C21H22N2O3S/c1-15(14-18(24)26-2)22-19-20(25)23(17-12-8-5-9-13-17)21(19,27-3)16-10-6-4-7-11-16/h4-14,19,22H,1-3H3/b15-14+/t19-,21-/m0/s1. The molecule has 1 amide bonds. The van der Waals surface area contributed by atoms with Crippen molar-refractivity contribution in [2.75, 3.05) is 18.3 Å². The average molecular weight is 382 g/mol. The van der Waals surface area contributed by atoms with Gasteiger partial charge in [-0.05, 0) is 30.9 Å². The molecule has 2 atom stereocenters. The van der Waals surface area contributed by atoms with Crippen molar-refractivity contribution in [2.45, 2.75) is 17.8 Å². The third kappa shape index (κ3) is 3.32. The molecule has 5 nitrogen and oxygen atoms in total. The van der Waals surface area contributed by atoms with Crippen LogP contribution in [-0.4, -0.2) is 31.3 Å². The second-order valence-corrected chi connectivity index (χ2v) is 7.23. The summed E-state index contributed by atoms with van der Waals surface area (Å²) in [5, 5.41) is 3.22. The van der Waals surface area contributed by atoms with Crippen LogP contribution in [0.3, 0.4) is 0 Å². The molecular formula is C21H22N2O3S. The molecule has 6 heteroatoms. The first-order chi connectivity index (χ1) is 13.0. The van der Waals surface area contributed by atoms with E-state index in [0.29, 0.717) is 5.70 Å². The van der Waals surface area contributed by atoms with Crippen LogP contribution in [0.25, 0.3) is 0 Å². The number of anilines is 1. The lowest BCUT2D eigenvalue weighted by Crippen LogP contribution is -2.75. The maximum atomic E-state index is 13.1. The predicted octanol–water partition coefficient (Wildman–Crippen LogP) is 3.28. The third-order valence-corrected chi connectivity index (χ3v) is 5.89. The van der Waals surface area contributed by atoms with Crippen LogP contribution in [0.1, 0.15) is 12.5 Å². The molecular weight excluding hydrogens is 360 g/mol. The number of rotatable bonds is 6. The van der Waals surface area contributed by atoms with Crippen LogP contribution >= 0.6 is 11.8 Å². The number of benzene rings is 2. The molecule has 3 rings (SSSR count). The van der Waals surface area contributed by atoms with Crippen LogP contribution in [0, 0.1) is 0 Å². The number of amides is 1. The molecule has 1 saturated heterocycles. The van der Waals surface area contributed by atoms with Crippen LogP contribution in [-0.2, 0) is 19.2 Å². The Morgan fingerprint density at radius 3 is 2.30 bits per heavy atom. The Kier molecular flexibility index (Phi) is 5.56. The number of carbonyl (C=O) groups is 2. The van der Waals surface area contributed by atoms with Gasteiger partial charge in [-0.25, -0.2) is 4.79 Å². The number of para-hydroxylation sites is 1. The molecule has 0 aromatic heterocycles. The Labute approximate surface area is 163 Å². The van der Waals surface area contributed by atoms with Gasteiger partial charge in [0.05, 0.1) is 7.11 Å². The number of ether oxygens (including phenoxy) is 1. The summed E-state index contributed by atoms with van der Waals surface area (Å²) >= 11 is 1.59. The normalized spacial score (nSPS) is 22.2. The lowest BCUT2D eigenvalue weighted by molar-refractivity contribution is -0.135. The van der Waals surface area contributed by atoms with E-state index in [9.17, 15) is 9.59 Å². The fourth-order valence-corrected chi connectivity index (χ4v) is 4.53. The van der Waals surface area contributed by atoms with Crippen LogP contribution in [0.2, 0.25) is 0 Å². The monoisotopic (exact) mass is 382 g/mol. The fourth-order valence-electron chi connectivity index (χ4n) is 3.38. The zero-order valence-corrected chi connectivity index (χ0v) is 16.3. The molecule has 0 radical (unpaired) electrons. The van der Waals surface area contributed by atoms with E-state index in [1.165, 1.54) is 13.2 Å². The van der Waals surface area contributed by atoms with E-state index in [4.69, 9.17) is 0 Å². The highest BCUT2D eigenvalue weighted by atomic mass is 32.2. The molecule has 0 unspecified atom stereocenters. The van der Waals surface area contributed by atoms with Gasteiger partial charge in [0.25, 0.3) is 5.91 Å². The lowest BCUT2D eigenvalue weighted by Gasteiger charge is -2.57. The highest BCUT2D eigenvalue weighted by Crippen LogP contribution is 2.51. The van der Waals surface area contributed by atoms with E-state index >= 15 is 0 Å². The number of methoxy groups -OCH3 is 1. The van der Waals surface area contributed by atoms with Crippen LogP contribution in [0.5, 0.6) is 0 Å². The van der Waals surface area contributed by atoms with Crippen molar-refractivity contribution in [3.05, 3.63) is 78.0 Å². The van der Waals surface area contributed by atoms with Crippen LogP contribution < -0.4 is 10.2 Å². The van der Waals surface area contributed by atoms with Gasteiger partial charge in [-0.1, -0.05) is 48.5 Å². The van der Waals surface area contributed by atoms with Crippen molar-refractivity contribution in [3.63, 3.8) is 0 Å². The first-order valence-electron chi connectivity index (χ1n) is 8.57. The zero-order valence-electron chi connectivity index (χ0n) is 15.5. The van der Waals surface area contributed by atoms with E-state index in [2.05, 4.69) is 10.1 Å². The van der Waals surface area contributed by atoms with Crippen molar-refractivity contribution >= 4 is 29.3 Å². The summed E-state index contributed by atoms with van der Waals surface area (Å²) in [5.74, 6) is -0.502. The van der Waals surface area contributed by atoms with E-state index in [1.54, 1.807) is 18.7 Å². The van der Waals surface area contributed by atoms with Gasteiger partial charge in [0.2, 0.25) is 0 Å². The van der Waals surface area contributed by atoms with Crippen molar-refractivity contribution < 1.29 is 14.3 Å². The molecule has 1 fully saturated rings. The number of nitrogens with zero attached hydrogens (tertiary/aromatic N) is 1. The Morgan fingerprint density at radius 2 is 1.74 bits per heavy atom. The molecule has 1 aliphatic heterocycles. The number of hydrogen-bond donors (Lipinski definition) is 1. The van der Waals surface area contributed by atoms with Gasteiger partial charge in [0, 0.05) is 17.5 Å². The fraction of sp³-hybridized carbons (Fsp3) is 0.238. The van der Waals surface area contributed by atoms with Gasteiger partial charge in [-0.3, -0.25) is 9.69 Å². The van der Waals surface area contributed by atoms with Crippen molar-refractivity contribution in [3.8, 4) is 0 Å². The van der Waals surface area contributed by atoms with E-state index in [0.717, 1.165) is 11.3 Å². The summed E-state index contributed by atoms with van der Waals surface area (Å²) in [6.45, 7) is 1.76. The van der Waals surface area contributed by atoms with E-state index < -0.39 is 16.9 Å². The third-order valence-electron chi connectivity index (χ3n) is 4.61. The van der Waals surface area contributed by atoms with Crippen LogP contribution in [0.4, 0.5) is 5.69 Å². The van der Waals surface area contributed by atoms with E-state index in [-0.39, 0.29) is 5.91 Å². The minimum Gasteiger partial charge on any atom is -0.466 e. The number of allylic oxidation sites excluding steroid dienone is 1. The molecule has 2 aromatic carbocycles. The SMILES string of the molecule is COC(=O)/C=C(\C)N[C@H]1C(=O)N(c2ccccc2)[C@]1(SC)c1ccccc1. The zero-order chi connectivity index (χ0) is 19.4. The average Bonchev–Trinajstić information content (AvgIpc) is 2.71. The maximum absolute atomic E-state index is 13.1. The molecule has 1 aliphatic rings. The second-order valence-electron chi connectivity index (χ2n) is 6.20. The minimum atomic E-state index is -0.620. The smallest absolute Gasteiger partial charge is 0.332 e. The molecule has 140 valence electrons. The van der Waals surface area contributed by atoms with Gasteiger partial charge in [0.1, 0.15) is 10.9 Å². The summed E-state index contributed by atoms with van der Waals surface area (Å²) in [4.78, 5) is 25.8. The van der Waals surface area contributed by atoms with Crippen molar-refractivity contribution in [1.82, 2.24) is 5.32 Å². The number of carbonyl (C=O) groups excluding carboxylic acids is 2. The second kappa shape index (κ2) is 7.88. The first kappa shape index (κ1) is 19.0. The van der Waals surface area contributed by atoms with Gasteiger partial charge in [-0.2, -0.15) is 0 Å². The summed E-state index contributed by atoms with van der Waals surface area (Å²) in [5.41, 5.74) is 2.44. The van der Waals surface area contributed by atoms with Gasteiger partial charge < -0.3 is 10.1 Å². The molecule has 1 heterocycles. The quantitative estimate of drug-likeness (QED) is 0.472. The molecule has 0 bridgehead atoms. The summed E-state index contributed by atoms with van der Waals surface area (Å²) in [7, 11) is 1.33. The summed E-state index contributed by atoms with van der Waals surface area (Å²) in [6, 6.07) is 19.0. The number of β-lactam (4-membered cyclic amide) rings is 1. The summed E-state index contributed by atoms with van der Waals surface area (Å²) in [6.07, 6.45) is 3.35. The largest absolute Gasteiger partial charge is 0.466 e. The molecule has 1 N–H and O–H groups in total. The molecule has 0 spiro atoms. The number of nitrogens with one attached hydrogen (secondary N) is 1. The number of thioether (sulfide) groups is 1.